The van der Waals surface area contributed by atoms with Crippen LogP contribution in [-0.4, -0.2) is 15.9 Å². The molecule has 94 valence electrons. The van der Waals surface area contributed by atoms with Gasteiger partial charge in [-0.2, -0.15) is 0 Å². The van der Waals surface area contributed by atoms with Gasteiger partial charge in [0.1, 0.15) is 11.6 Å². The van der Waals surface area contributed by atoms with E-state index in [1.807, 2.05) is 0 Å². The molecule has 1 amide bonds. The van der Waals surface area contributed by atoms with Crippen molar-refractivity contribution in [1.82, 2.24) is 15.3 Å². The van der Waals surface area contributed by atoms with E-state index < -0.39 is 0 Å². The van der Waals surface area contributed by atoms with Gasteiger partial charge >= 0.3 is 0 Å². The van der Waals surface area contributed by atoms with Gasteiger partial charge in [0.2, 0.25) is 5.91 Å². The molecule has 0 unspecified atom stereocenters. The van der Waals surface area contributed by atoms with E-state index in [1.54, 1.807) is 24.5 Å². The van der Waals surface area contributed by atoms with Gasteiger partial charge in [0.15, 0.2) is 0 Å². The number of aryl methyl sites for hydroxylation is 1. The van der Waals surface area contributed by atoms with E-state index in [-0.39, 0.29) is 11.7 Å². The average molecular weight is 247 g/mol. The molecule has 0 saturated heterocycles. The van der Waals surface area contributed by atoms with E-state index in [0.29, 0.717) is 19.4 Å². The third-order valence-corrected chi connectivity index (χ3v) is 2.56. The SMILES string of the molecule is O=C(CCc1ccc(F)cc1)NCc1ncc[nH]1. The Morgan fingerprint density at radius 3 is 2.78 bits per heavy atom. The van der Waals surface area contributed by atoms with Crippen molar-refractivity contribution in [3.63, 3.8) is 0 Å². The van der Waals surface area contributed by atoms with Gasteiger partial charge in [-0.1, -0.05) is 12.1 Å². The predicted octanol–water partition coefficient (Wildman–Crippen LogP) is 1.80. The molecular formula is C13H14FN3O. The number of nitrogens with one attached hydrogen (secondary N) is 2. The molecule has 1 heterocycles. The second kappa shape index (κ2) is 5.95. The highest BCUT2D eigenvalue weighted by Gasteiger charge is 2.03. The Balaban J connectivity index is 1.73. The molecule has 0 spiro atoms. The van der Waals surface area contributed by atoms with Gasteiger partial charge < -0.3 is 10.3 Å². The molecule has 0 bridgehead atoms. The number of hydrogen-bond donors (Lipinski definition) is 2. The molecule has 2 N–H and O–H groups in total. The van der Waals surface area contributed by atoms with E-state index in [9.17, 15) is 9.18 Å². The lowest BCUT2D eigenvalue weighted by atomic mass is 10.1. The molecule has 0 fully saturated rings. The summed E-state index contributed by atoms with van der Waals surface area (Å²) in [5.74, 6) is 0.418. The van der Waals surface area contributed by atoms with Crippen LogP contribution < -0.4 is 5.32 Å². The smallest absolute Gasteiger partial charge is 0.220 e. The summed E-state index contributed by atoms with van der Waals surface area (Å²) in [7, 11) is 0. The average Bonchev–Trinajstić information content (AvgIpc) is 2.89. The fraction of sp³-hybridized carbons (Fsp3) is 0.231. The van der Waals surface area contributed by atoms with Crippen molar-refractivity contribution in [2.75, 3.05) is 0 Å². The number of aromatic nitrogens is 2. The first-order valence-electron chi connectivity index (χ1n) is 5.73. The first-order chi connectivity index (χ1) is 8.74. The van der Waals surface area contributed by atoms with Crippen molar-refractivity contribution in [2.24, 2.45) is 0 Å². The summed E-state index contributed by atoms with van der Waals surface area (Å²) in [6.07, 6.45) is 4.33. The lowest BCUT2D eigenvalue weighted by molar-refractivity contribution is -0.121. The first kappa shape index (κ1) is 12.3. The van der Waals surface area contributed by atoms with Crippen LogP contribution in [0.5, 0.6) is 0 Å². The van der Waals surface area contributed by atoms with Gasteiger partial charge in [0, 0.05) is 18.8 Å². The molecule has 1 aromatic carbocycles. The van der Waals surface area contributed by atoms with Gasteiger partial charge in [-0.25, -0.2) is 9.37 Å². The van der Waals surface area contributed by atoms with Gasteiger partial charge in [-0.3, -0.25) is 4.79 Å². The van der Waals surface area contributed by atoms with Crippen molar-refractivity contribution in [3.05, 3.63) is 53.9 Å². The number of nitrogens with zero attached hydrogens (tertiary/aromatic N) is 1. The fourth-order valence-electron chi connectivity index (χ4n) is 1.57. The summed E-state index contributed by atoms with van der Waals surface area (Å²) in [4.78, 5) is 18.5. The number of H-pyrrole nitrogens is 1. The second-order valence-electron chi connectivity index (χ2n) is 3.94. The largest absolute Gasteiger partial charge is 0.349 e. The van der Waals surface area contributed by atoms with Crippen molar-refractivity contribution >= 4 is 5.91 Å². The van der Waals surface area contributed by atoms with Crippen LogP contribution >= 0.6 is 0 Å². The first-order valence-corrected chi connectivity index (χ1v) is 5.73. The zero-order valence-electron chi connectivity index (χ0n) is 9.82. The van der Waals surface area contributed by atoms with Gasteiger partial charge in [-0.15, -0.1) is 0 Å². The highest BCUT2D eigenvalue weighted by atomic mass is 19.1. The van der Waals surface area contributed by atoms with E-state index in [4.69, 9.17) is 0 Å². The number of carbonyl (C=O) groups excluding carboxylic acids is 1. The number of amides is 1. The van der Waals surface area contributed by atoms with Crippen molar-refractivity contribution in [2.45, 2.75) is 19.4 Å². The molecule has 0 aliphatic rings. The summed E-state index contributed by atoms with van der Waals surface area (Å²) >= 11 is 0. The third-order valence-electron chi connectivity index (χ3n) is 2.56. The molecule has 5 heteroatoms. The normalized spacial score (nSPS) is 10.3. The predicted molar refractivity (Wildman–Crippen MR) is 65.2 cm³/mol. The molecule has 2 aromatic rings. The van der Waals surface area contributed by atoms with Gasteiger partial charge in [0.25, 0.3) is 0 Å². The molecule has 0 atom stereocenters. The quantitative estimate of drug-likeness (QED) is 0.846. The molecule has 18 heavy (non-hydrogen) atoms. The van der Waals surface area contributed by atoms with Crippen molar-refractivity contribution in [1.29, 1.82) is 0 Å². The summed E-state index contributed by atoms with van der Waals surface area (Å²) < 4.78 is 12.7. The maximum absolute atomic E-state index is 12.7. The topological polar surface area (TPSA) is 57.8 Å². The molecular weight excluding hydrogens is 233 g/mol. The highest BCUT2D eigenvalue weighted by Crippen LogP contribution is 2.05. The maximum Gasteiger partial charge on any atom is 0.220 e. The number of imidazole rings is 1. The summed E-state index contributed by atoms with van der Waals surface area (Å²) in [6, 6.07) is 6.18. The standard InChI is InChI=1S/C13H14FN3O/c14-11-4-1-10(2-5-11)3-6-13(18)17-9-12-15-7-8-16-12/h1-2,4-5,7-8H,3,6,9H2,(H,15,16)(H,17,18). The lowest BCUT2D eigenvalue weighted by Gasteiger charge is -2.03. The minimum absolute atomic E-state index is 0.0456. The Labute approximate surface area is 104 Å². The van der Waals surface area contributed by atoms with E-state index in [0.717, 1.165) is 11.4 Å². The Kier molecular flexibility index (Phi) is 4.06. The summed E-state index contributed by atoms with van der Waals surface area (Å²) in [5, 5.41) is 2.76. The molecule has 2 rings (SSSR count). The van der Waals surface area contributed by atoms with Crippen LogP contribution in [0.25, 0.3) is 0 Å². The minimum atomic E-state index is -0.263. The Hall–Kier alpha value is -2.17. The zero-order valence-corrected chi connectivity index (χ0v) is 9.82. The summed E-state index contributed by atoms with van der Waals surface area (Å²) in [5.41, 5.74) is 0.949. The van der Waals surface area contributed by atoms with Gasteiger partial charge in [-0.05, 0) is 24.1 Å². The van der Waals surface area contributed by atoms with Crippen LogP contribution in [0.2, 0.25) is 0 Å². The monoisotopic (exact) mass is 247 g/mol. The number of rotatable bonds is 5. The minimum Gasteiger partial charge on any atom is -0.349 e. The molecule has 0 radical (unpaired) electrons. The number of halogens is 1. The van der Waals surface area contributed by atoms with Crippen LogP contribution in [0.4, 0.5) is 4.39 Å². The third kappa shape index (κ3) is 3.69. The molecule has 1 aromatic heterocycles. The molecule has 0 aliphatic carbocycles. The van der Waals surface area contributed by atoms with E-state index >= 15 is 0 Å². The molecule has 4 nitrogen and oxygen atoms in total. The van der Waals surface area contributed by atoms with Crippen LogP contribution in [0.1, 0.15) is 17.8 Å². The lowest BCUT2D eigenvalue weighted by Crippen LogP contribution is -2.23. The van der Waals surface area contributed by atoms with Crippen LogP contribution in [-0.2, 0) is 17.8 Å². The maximum atomic E-state index is 12.7. The highest BCUT2D eigenvalue weighted by molar-refractivity contribution is 5.76. The number of aromatic amines is 1. The fourth-order valence-corrected chi connectivity index (χ4v) is 1.57. The van der Waals surface area contributed by atoms with Crippen molar-refractivity contribution in [3.8, 4) is 0 Å². The Morgan fingerprint density at radius 2 is 2.11 bits per heavy atom. The van der Waals surface area contributed by atoms with E-state index in [2.05, 4.69) is 15.3 Å². The Morgan fingerprint density at radius 1 is 1.33 bits per heavy atom. The van der Waals surface area contributed by atoms with Crippen LogP contribution in [0, 0.1) is 5.82 Å². The van der Waals surface area contributed by atoms with Gasteiger partial charge in [0.05, 0.1) is 6.54 Å². The molecule has 0 aliphatic heterocycles. The zero-order chi connectivity index (χ0) is 12.8. The number of benzene rings is 1. The van der Waals surface area contributed by atoms with Crippen LogP contribution in [0.15, 0.2) is 36.7 Å². The van der Waals surface area contributed by atoms with E-state index in [1.165, 1.54) is 12.1 Å². The number of hydrogen-bond acceptors (Lipinski definition) is 2. The second-order valence-corrected chi connectivity index (χ2v) is 3.94. The molecule has 0 saturated carbocycles. The number of carbonyl (C=O) groups is 1. The Bertz CT molecular complexity index is 493. The summed E-state index contributed by atoms with van der Waals surface area (Å²) in [6.45, 7) is 0.398. The van der Waals surface area contributed by atoms with Crippen molar-refractivity contribution < 1.29 is 9.18 Å². The van der Waals surface area contributed by atoms with Crippen LogP contribution in [0.3, 0.4) is 0 Å².